The van der Waals surface area contributed by atoms with Crippen molar-refractivity contribution in [3.05, 3.63) is 28.7 Å². The van der Waals surface area contributed by atoms with Gasteiger partial charge in [-0.05, 0) is 12.8 Å². The lowest BCUT2D eigenvalue weighted by molar-refractivity contribution is -0.147. The van der Waals surface area contributed by atoms with E-state index >= 15 is 0 Å². The van der Waals surface area contributed by atoms with E-state index in [4.69, 9.17) is 5.11 Å². The van der Waals surface area contributed by atoms with Crippen LogP contribution in [0.2, 0.25) is 0 Å². The zero-order valence-electron chi connectivity index (χ0n) is 10.4. The zero-order valence-corrected chi connectivity index (χ0v) is 11.2. The molecule has 102 valence electrons. The molecule has 0 aliphatic heterocycles. The van der Waals surface area contributed by atoms with E-state index in [0.29, 0.717) is 25.8 Å². The molecule has 2 rings (SSSR count). The zero-order chi connectivity index (χ0) is 13.7. The lowest BCUT2D eigenvalue weighted by Crippen LogP contribution is -2.39. The number of nitrogens with zero attached hydrogens (tertiary/aromatic N) is 1. The molecule has 1 aliphatic carbocycles. The summed E-state index contributed by atoms with van der Waals surface area (Å²) in [4.78, 5) is 27.3. The minimum Gasteiger partial charge on any atom is -0.481 e. The van der Waals surface area contributed by atoms with Crippen molar-refractivity contribution in [2.75, 3.05) is 6.54 Å². The van der Waals surface area contributed by atoms with Crippen molar-refractivity contribution in [1.82, 2.24) is 10.3 Å². The molecular weight excluding hydrogens is 264 g/mol. The number of carboxylic acid groups (broad SMARTS) is 1. The van der Waals surface area contributed by atoms with Crippen LogP contribution in [0, 0.1) is 11.8 Å². The van der Waals surface area contributed by atoms with Gasteiger partial charge in [-0.2, -0.15) is 0 Å². The van der Waals surface area contributed by atoms with Gasteiger partial charge in [0.25, 0.3) is 0 Å². The Bertz CT molecular complexity index is 470. The van der Waals surface area contributed by atoms with Gasteiger partial charge in [-0.3, -0.25) is 9.59 Å². The van der Waals surface area contributed by atoms with E-state index in [1.807, 2.05) is 17.5 Å². The van der Waals surface area contributed by atoms with Crippen LogP contribution in [-0.4, -0.2) is 28.5 Å². The fourth-order valence-electron chi connectivity index (χ4n) is 2.18. The summed E-state index contributed by atoms with van der Waals surface area (Å²) in [5, 5.41) is 13.9. The summed E-state index contributed by atoms with van der Waals surface area (Å²) in [7, 11) is 0. The third-order valence-electron chi connectivity index (χ3n) is 3.25. The first-order chi connectivity index (χ1) is 9.18. The van der Waals surface area contributed by atoms with Gasteiger partial charge in [0.2, 0.25) is 5.91 Å². The minimum absolute atomic E-state index is 0.174. The molecule has 19 heavy (non-hydrogen) atoms. The number of carbonyl (C=O) groups excluding carboxylic acids is 1. The molecule has 0 radical (unpaired) electrons. The highest BCUT2D eigenvalue weighted by atomic mass is 32.1. The highest BCUT2D eigenvalue weighted by Crippen LogP contribution is 2.25. The van der Waals surface area contributed by atoms with Gasteiger partial charge in [0.05, 0.1) is 23.0 Å². The summed E-state index contributed by atoms with van der Waals surface area (Å²) in [5.74, 6) is -2.14. The number of rotatable bonds is 5. The number of amides is 1. The highest BCUT2D eigenvalue weighted by Gasteiger charge is 2.33. The number of hydrogen-bond donors (Lipinski definition) is 2. The van der Waals surface area contributed by atoms with Gasteiger partial charge in [0, 0.05) is 18.3 Å². The Balaban J connectivity index is 1.84. The van der Waals surface area contributed by atoms with Crippen molar-refractivity contribution in [2.45, 2.75) is 19.3 Å². The quantitative estimate of drug-likeness (QED) is 0.800. The van der Waals surface area contributed by atoms with Crippen LogP contribution >= 0.6 is 11.3 Å². The second kappa shape index (κ2) is 6.47. The fourth-order valence-corrected chi connectivity index (χ4v) is 2.78. The lowest BCUT2D eigenvalue weighted by atomic mass is 9.82. The number of carboxylic acids is 1. The maximum atomic E-state index is 12.0. The monoisotopic (exact) mass is 280 g/mol. The van der Waals surface area contributed by atoms with Crippen molar-refractivity contribution < 1.29 is 14.7 Å². The Morgan fingerprint density at radius 3 is 2.74 bits per heavy atom. The van der Waals surface area contributed by atoms with Crippen LogP contribution in [0.4, 0.5) is 0 Å². The number of thiazole rings is 1. The molecule has 0 saturated carbocycles. The maximum absolute atomic E-state index is 12.0. The number of aromatic nitrogens is 1. The van der Waals surface area contributed by atoms with E-state index in [2.05, 4.69) is 10.3 Å². The summed E-state index contributed by atoms with van der Waals surface area (Å²) in [6.45, 7) is 0.495. The van der Waals surface area contributed by atoms with Gasteiger partial charge in [-0.15, -0.1) is 11.3 Å². The first-order valence-corrected chi connectivity index (χ1v) is 7.15. The predicted octanol–water partition coefficient (Wildman–Crippen LogP) is 1.47. The summed E-state index contributed by atoms with van der Waals surface area (Å²) in [6, 6.07) is 0. The molecule has 2 N–H and O–H groups in total. The second-order valence-corrected chi connectivity index (χ2v) is 5.23. The smallest absolute Gasteiger partial charge is 0.307 e. The third-order valence-corrected chi connectivity index (χ3v) is 3.89. The molecule has 1 amide bonds. The van der Waals surface area contributed by atoms with Crippen LogP contribution in [-0.2, 0) is 16.0 Å². The molecule has 1 heterocycles. The van der Waals surface area contributed by atoms with Gasteiger partial charge in [-0.25, -0.2) is 4.98 Å². The van der Waals surface area contributed by atoms with Gasteiger partial charge >= 0.3 is 5.97 Å². The molecule has 0 fully saturated rings. The van der Waals surface area contributed by atoms with E-state index in [1.54, 1.807) is 5.51 Å². The number of carbonyl (C=O) groups is 2. The number of nitrogens with one attached hydrogen (secondary N) is 1. The molecule has 0 unspecified atom stereocenters. The summed E-state index contributed by atoms with van der Waals surface area (Å²) in [6.07, 6.45) is 5.32. The van der Waals surface area contributed by atoms with Crippen molar-refractivity contribution in [1.29, 1.82) is 0 Å². The molecular formula is C13H16N2O3S. The molecule has 0 aromatic carbocycles. The van der Waals surface area contributed by atoms with Crippen LogP contribution in [0.3, 0.4) is 0 Å². The number of aliphatic carboxylic acids is 1. The molecule has 5 nitrogen and oxygen atoms in total. The van der Waals surface area contributed by atoms with Crippen LogP contribution in [0.1, 0.15) is 18.5 Å². The standard InChI is InChI=1S/C13H16N2O3S/c16-12(14-6-5-9-7-19-8-15-9)10-3-1-2-4-11(10)13(17)18/h1-2,7-8,10-11H,3-6H2,(H,14,16)(H,17,18)/t10-,11+/m1/s1. The Morgan fingerprint density at radius 1 is 1.37 bits per heavy atom. The van der Waals surface area contributed by atoms with Crippen LogP contribution in [0.5, 0.6) is 0 Å². The van der Waals surface area contributed by atoms with E-state index in [1.165, 1.54) is 11.3 Å². The van der Waals surface area contributed by atoms with Crippen LogP contribution in [0.25, 0.3) is 0 Å². The van der Waals surface area contributed by atoms with Gasteiger partial charge in [-0.1, -0.05) is 12.2 Å². The average Bonchev–Trinajstić information content (AvgIpc) is 2.91. The van der Waals surface area contributed by atoms with Gasteiger partial charge in [0.15, 0.2) is 0 Å². The van der Waals surface area contributed by atoms with Crippen molar-refractivity contribution in [3.63, 3.8) is 0 Å². The molecule has 0 saturated heterocycles. The van der Waals surface area contributed by atoms with Gasteiger partial charge in [0.1, 0.15) is 0 Å². The average molecular weight is 280 g/mol. The molecule has 1 aliphatic rings. The normalized spacial score (nSPS) is 22.1. The fraction of sp³-hybridized carbons (Fsp3) is 0.462. The minimum atomic E-state index is -0.899. The number of allylic oxidation sites excluding steroid dienone is 2. The van der Waals surface area contributed by atoms with Crippen molar-refractivity contribution in [3.8, 4) is 0 Å². The maximum Gasteiger partial charge on any atom is 0.307 e. The molecule has 0 bridgehead atoms. The molecule has 1 aromatic heterocycles. The summed E-state index contributed by atoms with van der Waals surface area (Å²) in [5.41, 5.74) is 2.70. The van der Waals surface area contributed by atoms with E-state index in [0.717, 1.165) is 5.69 Å². The van der Waals surface area contributed by atoms with Crippen molar-refractivity contribution in [2.24, 2.45) is 11.8 Å². The molecule has 0 spiro atoms. The summed E-state index contributed by atoms with van der Waals surface area (Å²) < 4.78 is 0. The predicted molar refractivity (Wildman–Crippen MR) is 71.8 cm³/mol. The second-order valence-electron chi connectivity index (χ2n) is 4.51. The number of hydrogen-bond acceptors (Lipinski definition) is 4. The van der Waals surface area contributed by atoms with E-state index in [-0.39, 0.29) is 5.91 Å². The molecule has 2 atom stereocenters. The SMILES string of the molecule is O=C(O)[C@H]1CC=CC[C@H]1C(=O)NCCc1cscn1. The summed E-state index contributed by atoms with van der Waals surface area (Å²) >= 11 is 1.52. The third kappa shape index (κ3) is 3.64. The largest absolute Gasteiger partial charge is 0.481 e. The van der Waals surface area contributed by atoms with Crippen molar-refractivity contribution >= 4 is 23.2 Å². The Labute approximate surface area is 115 Å². The molecule has 1 aromatic rings. The first kappa shape index (κ1) is 13.7. The highest BCUT2D eigenvalue weighted by molar-refractivity contribution is 7.07. The van der Waals surface area contributed by atoms with Gasteiger partial charge < -0.3 is 10.4 Å². The lowest BCUT2D eigenvalue weighted by Gasteiger charge is -2.24. The Hall–Kier alpha value is -1.69. The molecule has 6 heteroatoms. The Kier molecular flexibility index (Phi) is 4.68. The first-order valence-electron chi connectivity index (χ1n) is 6.21. The topological polar surface area (TPSA) is 79.3 Å². The van der Waals surface area contributed by atoms with Crippen LogP contribution in [0.15, 0.2) is 23.0 Å². The Morgan fingerprint density at radius 2 is 2.11 bits per heavy atom. The van der Waals surface area contributed by atoms with E-state index < -0.39 is 17.8 Å². The van der Waals surface area contributed by atoms with Crippen LogP contribution < -0.4 is 5.32 Å². The van der Waals surface area contributed by atoms with E-state index in [9.17, 15) is 9.59 Å².